The fraction of sp³-hybridized carbons (Fsp3) is 0.438. The van der Waals surface area contributed by atoms with Crippen molar-refractivity contribution < 1.29 is 0 Å². The van der Waals surface area contributed by atoms with Gasteiger partial charge in [0.05, 0.1) is 0 Å². The number of fused-ring (bicyclic) bond motifs is 1. The van der Waals surface area contributed by atoms with E-state index in [9.17, 15) is 0 Å². The van der Waals surface area contributed by atoms with Gasteiger partial charge in [-0.1, -0.05) is 18.5 Å². The normalized spacial score (nSPS) is 11.9. The third kappa shape index (κ3) is 4.39. The lowest BCUT2D eigenvalue weighted by atomic mass is 10.1. The average molecular weight is 307 g/mol. The van der Waals surface area contributed by atoms with Crippen molar-refractivity contribution >= 4 is 28.5 Å². The Labute approximate surface area is 131 Å². The highest BCUT2D eigenvalue weighted by atomic mass is 35.5. The SMILES string of the molecule is CCCN=C(NCC)NCCc1c[nH]c2ccc(Cl)cc12. The van der Waals surface area contributed by atoms with Crippen LogP contribution in [0.15, 0.2) is 29.4 Å². The monoisotopic (exact) mass is 306 g/mol. The Kier molecular flexibility index (Phi) is 5.93. The molecule has 0 fully saturated rings. The zero-order valence-corrected chi connectivity index (χ0v) is 13.4. The number of hydrogen-bond donors (Lipinski definition) is 3. The van der Waals surface area contributed by atoms with Crippen LogP contribution in [0.3, 0.4) is 0 Å². The summed E-state index contributed by atoms with van der Waals surface area (Å²) in [5.41, 5.74) is 2.40. The van der Waals surface area contributed by atoms with Crippen LogP contribution < -0.4 is 10.6 Å². The Bertz CT molecular complexity index is 603. The molecule has 0 aliphatic carbocycles. The number of benzene rings is 1. The fourth-order valence-corrected chi connectivity index (χ4v) is 2.41. The summed E-state index contributed by atoms with van der Waals surface area (Å²) in [4.78, 5) is 7.77. The van der Waals surface area contributed by atoms with Gasteiger partial charge in [-0.2, -0.15) is 0 Å². The minimum atomic E-state index is 0.772. The Balaban J connectivity index is 1.96. The van der Waals surface area contributed by atoms with Crippen LogP contribution in [0.5, 0.6) is 0 Å². The highest BCUT2D eigenvalue weighted by Gasteiger charge is 2.04. The molecule has 0 aliphatic rings. The Hall–Kier alpha value is -1.68. The molecule has 4 nitrogen and oxygen atoms in total. The maximum absolute atomic E-state index is 6.07. The van der Waals surface area contributed by atoms with E-state index >= 15 is 0 Å². The van der Waals surface area contributed by atoms with E-state index < -0.39 is 0 Å². The molecular formula is C16H23ClN4. The summed E-state index contributed by atoms with van der Waals surface area (Å²) < 4.78 is 0. The van der Waals surface area contributed by atoms with Crippen LogP contribution in [0.4, 0.5) is 0 Å². The molecule has 21 heavy (non-hydrogen) atoms. The van der Waals surface area contributed by atoms with E-state index in [4.69, 9.17) is 11.6 Å². The molecule has 3 N–H and O–H groups in total. The topological polar surface area (TPSA) is 52.2 Å². The number of nitrogens with one attached hydrogen (secondary N) is 3. The van der Waals surface area contributed by atoms with E-state index in [1.807, 2.05) is 18.2 Å². The summed E-state index contributed by atoms with van der Waals surface area (Å²) >= 11 is 6.07. The minimum Gasteiger partial charge on any atom is -0.361 e. The molecular weight excluding hydrogens is 284 g/mol. The van der Waals surface area contributed by atoms with Gasteiger partial charge in [-0.25, -0.2) is 0 Å². The molecule has 114 valence electrons. The van der Waals surface area contributed by atoms with Gasteiger partial charge in [0.1, 0.15) is 0 Å². The minimum absolute atomic E-state index is 0.772. The van der Waals surface area contributed by atoms with Crippen molar-refractivity contribution in [1.82, 2.24) is 15.6 Å². The number of guanidine groups is 1. The fourth-order valence-electron chi connectivity index (χ4n) is 2.24. The van der Waals surface area contributed by atoms with Gasteiger partial charge < -0.3 is 15.6 Å². The van der Waals surface area contributed by atoms with Crippen LogP contribution in [-0.2, 0) is 6.42 Å². The lowest BCUT2D eigenvalue weighted by molar-refractivity contribution is 0.795. The second kappa shape index (κ2) is 7.93. The third-order valence-electron chi connectivity index (χ3n) is 3.25. The van der Waals surface area contributed by atoms with E-state index in [1.54, 1.807) is 0 Å². The van der Waals surface area contributed by atoms with Gasteiger partial charge in [0, 0.05) is 41.8 Å². The summed E-state index contributed by atoms with van der Waals surface area (Å²) in [6, 6.07) is 5.93. The van der Waals surface area contributed by atoms with Crippen molar-refractivity contribution in [2.45, 2.75) is 26.7 Å². The Morgan fingerprint density at radius 3 is 2.90 bits per heavy atom. The van der Waals surface area contributed by atoms with E-state index in [2.05, 4.69) is 40.7 Å². The molecule has 0 bridgehead atoms. The van der Waals surface area contributed by atoms with Crippen molar-refractivity contribution in [3.05, 3.63) is 35.0 Å². The van der Waals surface area contributed by atoms with Gasteiger partial charge in [0.2, 0.25) is 0 Å². The number of nitrogens with zero attached hydrogens (tertiary/aromatic N) is 1. The summed E-state index contributed by atoms with van der Waals surface area (Å²) in [5.74, 6) is 0.886. The maximum Gasteiger partial charge on any atom is 0.191 e. The van der Waals surface area contributed by atoms with E-state index in [0.29, 0.717) is 0 Å². The van der Waals surface area contributed by atoms with Gasteiger partial charge in [0.15, 0.2) is 5.96 Å². The predicted molar refractivity (Wildman–Crippen MR) is 91.3 cm³/mol. The Morgan fingerprint density at radius 1 is 1.29 bits per heavy atom. The van der Waals surface area contributed by atoms with Crippen molar-refractivity contribution in [1.29, 1.82) is 0 Å². The first kappa shape index (κ1) is 15.7. The first-order valence-electron chi connectivity index (χ1n) is 7.52. The third-order valence-corrected chi connectivity index (χ3v) is 3.49. The molecule has 1 heterocycles. The van der Waals surface area contributed by atoms with Gasteiger partial charge >= 0.3 is 0 Å². The second-order valence-corrected chi connectivity index (χ2v) is 5.38. The van der Waals surface area contributed by atoms with Crippen LogP contribution in [0.2, 0.25) is 5.02 Å². The quantitative estimate of drug-likeness (QED) is 0.566. The zero-order chi connectivity index (χ0) is 15.1. The predicted octanol–water partition coefficient (Wildman–Crippen LogP) is 3.33. The van der Waals surface area contributed by atoms with Gasteiger partial charge in [0.25, 0.3) is 0 Å². The highest BCUT2D eigenvalue weighted by Crippen LogP contribution is 2.22. The van der Waals surface area contributed by atoms with Crippen LogP contribution >= 0.6 is 11.6 Å². The molecule has 0 aliphatic heterocycles. The largest absolute Gasteiger partial charge is 0.361 e. The summed E-state index contributed by atoms with van der Waals surface area (Å²) in [7, 11) is 0. The summed E-state index contributed by atoms with van der Waals surface area (Å²) in [5, 5.41) is 8.59. The molecule has 0 unspecified atom stereocenters. The lowest BCUT2D eigenvalue weighted by Gasteiger charge is -2.10. The summed E-state index contributed by atoms with van der Waals surface area (Å²) in [6.07, 6.45) is 4.03. The van der Waals surface area contributed by atoms with E-state index in [0.717, 1.165) is 49.0 Å². The van der Waals surface area contributed by atoms with Gasteiger partial charge in [-0.05, 0) is 43.5 Å². The number of aromatic amines is 1. The average Bonchev–Trinajstić information content (AvgIpc) is 2.87. The first-order valence-corrected chi connectivity index (χ1v) is 7.90. The molecule has 2 aromatic rings. The molecule has 0 atom stereocenters. The second-order valence-electron chi connectivity index (χ2n) is 4.94. The molecule has 2 rings (SSSR count). The zero-order valence-electron chi connectivity index (χ0n) is 12.7. The smallest absolute Gasteiger partial charge is 0.191 e. The number of H-pyrrole nitrogens is 1. The van der Waals surface area contributed by atoms with Crippen LogP contribution in [-0.4, -0.2) is 30.6 Å². The summed E-state index contributed by atoms with van der Waals surface area (Å²) in [6.45, 7) is 6.76. The van der Waals surface area contributed by atoms with Gasteiger partial charge in [-0.3, -0.25) is 4.99 Å². The number of halogens is 1. The van der Waals surface area contributed by atoms with Crippen molar-refractivity contribution in [2.75, 3.05) is 19.6 Å². The number of hydrogen-bond acceptors (Lipinski definition) is 1. The molecule has 0 saturated heterocycles. The molecule has 0 saturated carbocycles. The number of aliphatic imine (C=N–C) groups is 1. The standard InChI is InChI=1S/C16H23ClN4/c1-3-8-19-16(18-4-2)20-9-7-12-11-21-15-6-5-13(17)10-14(12)15/h5-6,10-11,21H,3-4,7-9H2,1-2H3,(H2,18,19,20). The molecule has 0 spiro atoms. The van der Waals surface area contributed by atoms with Crippen molar-refractivity contribution in [3.63, 3.8) is 0 Å². The highest BCUT2D eigenvalue weighted by molar-refractivity contribution is 6.31. The Morgan fingerprint density at radius 2 is 2.14 bits per heavy atom. The van der Waals surface area contributed by atoms with E-state index in [1.165, 1.54) is 10.9 Å². The van der Waals surface area contributed by atoms with Crippen molar-refractivity contribution in [2.24, 2.45) is 4.99 Å². The first-order chi connectivity index (χ1) is 10.2. The van der Waals surface area contributed by atoms with Crippen LogP contribution in [0.25, 0.3) is 10.9 Å². The lowest BCUT2D eigenvalue weighted by Crippen LogP contribution is -2.38. The molecule has 0 amide bonds. The number of aromatic nitrogens is 1. The van der Waals surface area contributed by atoms with Crippen molar-refractivity contribution in [3.8, 4) is 0 Å². The van der Waals surface area contributed by atoms with Gasteiger partial charge in [-0.15, -0.1) is 0 Å². The molecule has 1 aromatic carbocycles. The molecule has 5 heteroatoms. The molecule has 1 aromatic heterocycles. The van der Waals surface area contributed by atoms with Crippen LogP contribution in [0.1, 0.15) is 25.8 Å². The van der Waals surface area contributed by atoms with Crippen LogP contribution in [0, 0.1) is 0 Å². The molecule has 0 radical (unpaired) electrons. The number of rotatable bonds is 6. The van der Waals surface area contributed by atoms with E-state index in [-0.39, 0.29) is 0 Å². The maximum atomic E-state index is 6.07.